The van der Waals surface area contributed by atoms with Crippen molar-refractivity contribution in [2.45, 2.75) is 18.9 Å². The molecule has 1 fully saturated rings. The molecule has 1 aromatic heterocycles. The lowest BCUT2D eigenvalue weighted by molar-refractivity contribution is 0.214. The summed E-state index contributed by atoms with van der Waals surface area (Å²) in [7, 11) is 4.43. The maximum Gasteiger partial charge on any atom is 0.0207 e. The summed E-state index contributed by atoms with van der Waals surface area (Å²) < 4.78 is 0. The van der Waals surface area contributed by atoms with E-state index in [2.05, 4.69) is 46.5 Å². The van der Waals surface area contributed by atoms with E-state index in [1.54, 1.807) is 0 Å². The van der Waals surface area contributed by atoms with Crippen LogP contribution in [0.1, 0.15) is 12.0 Å². The van der Waals surface area contributed by atoms with Crippen LogP contribution in [-0.2, 0) is 6.42 Å². The minimum absolute atomic E-state index is 0.665. The molecule has 1 unspecified atom stereocenters. The minimum atomic E-state index is 0.665. The maximum absolute atomic E-state index is 3.60. The first-order valence-electron chi connectivity index (χ1n) is 6.96. The van der Waals surface area contributed by atoms with E-state index in [1.165, 1.54) is 31.6 Å². The summed E-state index contributed by atoms with van der Waals surface area (Å²) in [5, 5.41) is 3.60. The van der Waals surface area contributed by atoms with Gasteiger partial charge in [0.25, 0.3) is 0 Å². The van der Waals surface area contributed by atoms with E-state index in [9.17, 15) is 0 Å². The number of piperazine rings is 1. The predicted molar refractivity (Wildman–Crippen MR) is 75.9 cm³/mol. The third-order valence-corrected chi connectivity index (χ3v) is 3.76. The second-order valence-corrected chi connectivity index (χ2v) is 5.47. The zero-order valence-corrected chi connectivity index (χ0v) is 11.7. The zero-order chi connectivity index (χ0) is 12.8. The Morgan fingerprint density at radius 2 is 2.33 bits per heavy atom. The van der Waals surface area contributed by atoms with Crippen LogP contribution >= 0.6 is 0 Å². The van der Waals surface area contributed by atoms with Crippen LogP contribution in [0, 0.1) is 0 Å². The maximum atomic E-state index is 3.60. The molecule has 18 heavy (non-hydrogen) atoms. The number of rotatable bonds is 6. The van der Waals surface area contributed by atoms with Gasteiger partial charge in [-0.3, -0.25) is 0 Å². The lowest BCUT2D eigenvalue weighted by atomic mass is 10.1. The SMILES string of the molecule is CN(CCc1cc[nH]c1)CCC1CN(C)CCN1. The molecule has 1 atom stereocenters. The van der Waals surface area contributed by atoms with Gasteiger partial charge in [-0.05, 0) is 45.1 Å². The van der Waals surface area contributed by atoms with Crippen molar-refractivity contribution in [3.8, 4) is 0 Å². The molecule has 2 N–H and O–H groups in total. The van der Waals surface area contributed by atoms with Crippen LogP contribution in [0.4, 0.5) is 0 Å². The number of aromatic amines is 1. The van der Waals surface area contributed by atoms with Crippen LogP contribution in [-0.4, -0.2) is 67.6 Å². The molecule has 2 rings (SSSR count). The quantitative estimate of drug-likeness (QED) is 0.783. The van der Waals surface area contributed by atoms with Gasteiger partial charge in [0.15, 0.2) is 0 Å². The van der Waals surface area contributed by atoms with Crippen molar-refractivity contribution in [2.24, 2.45) is 0 Å². The number of hydrogen-bond acceptors (Lipinski definition) is 3. The Bertz CT molecular complexity index is 323. The molecule has 0 amide bonds. The van der Waals surface area contributed by atoms with Crippen molar-refractivity contribution in [1.82, 2.24) is 20.1 Å². The van der Waals surface area contributed by atoms with E-state index in [4.69, 9.17) is 0 Å². The highest BCUT2D eigenvalue weighted by Crippen LogP contribution is 2.03. The van der Waals surface area contributed by atoms with Gasteiger partial charge in [0.1, 0.15) is 0 Å². The molecule has 1 aliphatic heterocycles. The minimum Gasteiger partial charge on any atom is -0.367 e. The van der Waals surface area contributed by atoms with Gasteiger partial charge >= 0.3 is 0 Å². The van der Waals surface area contributed by atoms with Crippen LogP contribution in [0.3, 0.4) is 0 Å². The molecule has 2 heterocycles. The molecule has 0 spiro atoms. The summed E-state index contributed by atoms with van der Waals surface area (Å²) in [5.74, 6) is 0. The Hall–Kier alpha value is -0.840. The van der Waals surface area contributed by atoms with Gasteiger partial charge in [-0.25, -0.2) is 0 Å². The third-order valence-electron chi connectivity index (χ3n) is 3.76. The van der Waals surface area contributed by atoms with Gasteiger partial charge in [0.2, 0.25) is 0 Å². The molecule has 0 saturated carbocycles. The van der Waals surface area contributed by atoms with Crippen molar-refractivity contribution >= 4 is 0 Å². The number of H-pyrrole nitrogens is 1. The van der Waals surface area contributed by atoms with E-state index in [-0.39, 0.29) is 0 Å². The van der Waals surface area contributed by atoms with Crippen LogP contribution < -0.4 is 5.32 Å². The summed E-state index contributed by atoms with van der Waals surface area (Å²) in [4.78, 5) is 7.96. The van der Waals surface area contributed by atoms with Crippen LogP contribution in [0.2, 0.25) is 0 Å². The number of nitrogens with one attached hydrogen (secondary N) is 2. The van der Waals surface area contributed by atoms with Crippen LogP contribution in [0.15, 0.2) is 18.5 Å². The zero-order valence-electron chi connectivity index (χ0n) is 11.7. The van der Waals surface area contributed by atoms with Gasteiger partial charge in [0.05, 0.1) is 0 Å². The van der Waals surface area contributed by atoms with Gasteiger partial charge in [-0.2, -0.15) is 0 Å². The topological polar surface area (TPSA) is 34.3 Å². The highest BCUT2D eigenvalue weighted by molar-refractivity contribution is 5.08. The number of aromatic nitrogens is 1. The molecule has 4 heteroatoms. The molecular formula is C14H26N4. The lowest BCUT2D eigenvalue weighted by Crippen LogP contribution is -2.49. The van der Waals surface area contributed by atoms with Crippen LogP contribution in [0.25, 0.3) is 0 Å². The number of nitrogens with zero attached hydrogens (tertiary/aromatic N) is 2. The fourth-order valence-corrected chi connectivity index (χ4v) is 2.51. The van der Waals surface area contributed by atoms with E-state index >= 15 is 0 Å². The largest absolute Gasteiger partial charge is 0.367 e. The average molecular weight is 250 g/mol. The fraction of sp³-hybridized carbons (Fsp3) is 0.714. The molecule has 0 radical (unpaired) electrons. The summed E-state index contributed by atoms with van der Waals surface area (Å²) in [6.07, 6.45) is 6.47. The molecule has 1 aliphatic rings. The van der Waals surface area contributed by atoms with Crippen molar-refractivity contribution in [1.29, 1.82) is 0 Å². The molecule has 0 aromatic carbocycles. The normalized spacial score (nSPS) is 21.6. The van der Waals surface area contributed by atoms with Gasteiger partial charge in [-0.1, -0.05) is 0 Å². The summed E-state index contributed by atoms with van der Waals surface area (Å²) >= 11 is 0. The third kappa shape index (κ3) is 4.44. The standard InChI is InChI=1S/C14H26N4/c1-17(8-4-13-3-6-15-11-13)9-5-14-12-18(2)10-7-16-14/h3,6,11,14-16H,4-5,7-10,12H2,1-2H3. The van der Waals surface area contributed by atoms with E-state index in [0.29, 0.717) is 6.04 Å². The van der Waals surface area contributed by atoms with E-state index < -0.39 is 0 Å². The highest BCUT2D eigenvalue weighted by Gasteiger charge is 2.16. The molecule has 1 aromatic rings. The summed E-state index contributed by atoms with van der Waals surface area (Å²) in [6, 6.07) is 2.82. The van der Waals surface area contributed by atoms with Gasteiger partial charge in [-0.15, -0.1) is 0 Å². The Morgan fingerprint density at radius 3 is 3.06 bits per heavy atom. The first-order valence-corrected chi connectivity index (χ1v) is 6.96. The second-order valence-electron chi connectivity index (χ2n) is 5.47. The van der Waals surface area contributed by atoms with Crippen LogP contribution in [0.5, 0.6) is 0 Å². The monoisotopic (exact) mass is 250 g/mol. The highest BCUT2D eigenvalue weighted by atomic mass is 15.2. The number of likely N-dealkylation sites (N-methyl/N-ethyl adjacent to an activating group) is 2. The summed E-state index contributed by atoms with van der Waals surface area (Å²) in [6.45, 7) is 5.82. The Balaban J connectivity index is 1.60. The predicted octanol–water partition coefficient (Wildman–Crippen LogP) is 0.783. The summed E-state index contributed by atoms with van der Waals surface area (Å²) in [5.41, 5.74) is 1.40. The van der Waals surface area contributed by atoms with Crippen molar-refractivity contribution in [2.75, 3.05) is 46.8 Å². The van der Waals surface area contributed by atoms with Gasteiger partial charge in [0, 0.05) is 44.6 Å². The Morgan fingerprint density at radius 1 is 1.44 bits per heavy atom. The van der Waals surface area contributed by atoms with E-state index in [0.717, 1.165) is 19.5 Å². The smallest absolute Gasteiger partial charge is 0.0207 e. The Labute approximate surface area is 110 Å². The Kier molecular flexibility index (Phi) is 5.23. The molecule has 1 saturated heterocycles. The lowest BCUT2D eigenvalue weighted by Gasteiger charge is -2.32. The molecule has 0 bridgehead atoms. The number of hydrogen-bond donors (Lipinski definition) is 2. The fourth-order valence-electron chi connectivity index (χ4n) is 2.51. The molecule has 0 aliphatic carbocycles. The molecule has 4 nitrogen and oxygen atoms in total. The molecule has 102 valence electrons. The first kappa shape index (κ1) is 13.6. The first-order chi connectivity index (χ1) is 8.74. The van der Waals surface area contributed by atoms with Crippen molar-refractivity contribution in [3.63, 3.8) is 0 Å². The van der Waals surface area contributed by atoms with E-state index in [1.807, 2.05) is 6.20 Å². The van der Waals surface area contributed by atoms with Crippen molar-refractivity contribution < 1.29 is 0 Å². The molecular weight excluding hydrogens is 224 g/mol. The van der Waals surface area contributed by atoms with Crippen molar-refractivity contribution in [3.05, 3.63) is 24.0 Å². The second kappa shape index (κ2) is 6.92. The average Bonchev–Trinajstić information content (AvgIpc) is 2.87. The van der Waals surface area contributed by atoms with Gasteiger partial charge < -0.3 is 20.1 Å².